The molecule has 2 N–H and O–H groups in total. The van der Waals surface area contributed by atoms with E-state index in [1.807, 2.05) is 24.3 Å². The van der Waals surface area contributed by atoms with Gasteiger partial charge >= 0.3 is 0 Å². The Morgan fingerprint density at radius 3 is 2.18 bits per heavy atom. The molecule has 0 aliphatic heterocycles. The number of nitrogens with one attached hydrogen (secondary N) is 2. The molecule has 6 nitrogen and oxygen atoms in total. The minimum Gasteiger partial charge on any atom is -0.332 e. The topological polar surface area (TPSA) is 88.2 Å². The predicted molar refractivity (Wildman–Crippen MR) is 113 cm³/mol. The van der Waals surface area contributed by atoms with Crippen molar-refractivity contribution in [2.24, 2.45) is 0 Å². The monoisotopic (exact) mass is 415 g/mol. The fraction of sp³-hybridized carbons (Fsp3) is 0.200. The highest BCUT2D eigenvalue weighted by molar-refractivity contribution is 7.90. The van der Waals surface area contributed by atoms with E-state index in [1.165, 1.54) is 29.0 Å². The van der Waals surface area contributed by atoms with Crippen molar-refractivity contribution >= 4 is 43.6 Å². The summed E-state index contributed by atoms with van der Waals surface area (Å²) in [5, 5.41) is 8.13. The van der Waals surface area contributed by atoms with E-state index in [9.17, 15) is 13.2 Å². The summed E-state index contributed by atoms with van der Waals surface area (Å²) in [4.78, 5) is 16.9. The van der Waals surface area contributed by atoms with Gasteiger partial charge in [0.1, 0.15) is 5.69 Å². The van der Waals surface area contributed by atoms with Crippen LogP contribution < -0.4 is 10.6 Å². The molecule has 28 heavy (non-hydrogen) atoms. The molecule has 0 fully saturated rings. The molecule has 0 aliphatic carbocycles. The summed E-state index contributed by atoms with van der Waals surface area (Å²) < 4.78 is 23.0. The summed E-state index contributed by atoms with van der Waals surface area (Å²) in [7, 11) is -3.23. The molecule has 1 aromatic heterocycles. The van der Waals surface area contributed by atoms with Crippen LogP contribution in [0.25, 0.3) is 0 Å². The van der Waals surface area contributed by atoms with Gasteiger partial charge in [0.2, 0.25) is 0 Å². The fourth-order valence-electron chi connectivity index (χ4n) is 2.49. The molecule has 0 radical (unpaired) electrons. The first kappa shape index (κ1) is 20.0. The summed E-state index contributed by atoms with van der Waals surface area (Å²) in [6.07, 6.45) is 1.16. The number of benzene rings is 2. The van der Waals surface area contributed by atoms with Crippen LogP contribution in [0.3, 0.4) is 0 Å². The molecule has 2 aromatic carbocycles. The van der Waals surface area contributed by atoms with Crippen LogP contribution >= 0.6 is 11.3 Å². The molecule has 0 bridgehead atoms. The van der Waals surface area contributed by atoms with E-state index < -0.39 is 9.84 Å². The molecule has 0 saturated heterocycles. The Hall–Kier alpha value is -2.71. The maximum Gasteiger partial charge on any atom is 0.275 e. The van der Waals surface area contributed by atoms with Gasteiger partial charge in [-0.25, -0.2) is 13.4 Å². The highest BCUT2D eigenvalue weighted by atomic mass is 32.2. The number of carbonyl (C=O) groups is 1. The number of sulfone groups is 1. The Labute approximate surface area is 168 Å². The van der Waals surface area contributed by atoms with Crippen molar-refractivity contribution in [2.75, 3.05) is 16.9 Å². The van der Waals surface area contributed by atoms with Gasteiger partial charge in [0, 0.05) is 23.0 Å². The van der Waals surface area contributed by atoms with Gasteiger partial charge in [-0.1, -0.05) is 26.0 Å². The molecule has 1 heterocycles. The van der Waals surface area contributed by atoms with Gasteiger partial charge in [-0.05, 0) is 47.9 Å². The van der Waals surface area contributed by atoms with Crippen LogP contribution in [0.2, 0.25) is 0 Å². The van der Waals surface area contributed by atoms with E-state index in [0.717, 1.165) is 6.26 Å². The quantitative estimate of drug-likeness (QED) is 0.611. The maximum atomic E-state index is 12.4. The highest BCUT2D eigenvalue weighted by Gasteiger charge is 2.12. The third-order valence-corrected chi connectivity index (χ3v) is 5.99. The minimum atomic E-state index is -3.23. The number of nitrogens with zero attached hydrogens (tertiary/aromatic N) is 1. The molecule has 146 valence electrons. The Morgan fingerprint density at radius 1 is 1.00 bits per heavy atom. The van der Waals surface area contributed by atoms with Crippen molar-refractivity contribution in [2.45, 2.75) is 24.7 Å². The first-order valence-corrected chi connectivity index (χ1v) is 11.4. The van der Waals surface area contributed by atoms with Crippen molar-refractivity contribution in [3.63, 3.8) is 0 Å². The molecule has 3 aromatic rings. The number of rotatable bonds is 6. The Morgan fingerprint density at radius 2 is 1.61 bits per heavy atom. The molecule has 8 heteroatoms. The van der Waals surface area contributed by atoms with Crippen LogP contribution in [0.4, 0.5) is 16.5 Å². The average Bonchev–Trinajstić information content (AvgIpc) is 3.10. The van der Waals surface area contributed by atoms with Gasteiger partial charge < -0.3 is 10.6 Å². The molecular weight excluding hydrogens is 394 g/mol. The largest absolute Gasteiger partial charge is 0.332 e. The zero-order valence-electron chi connectivity index (χ0n) is 15.8. The molecule has 1 amide bonds. The van der Waals surface area contributed by atoms with E-state index in [1.54, 1.807) is 17.5 Å². The van der Waals surface area contributed by atoms with E-state index in [2.05, 4.69) is 29.5 Å². The third kappa shape index (κ3) is 4.96. The van der Waals surface area contributed by atoms with Crippen LogP contribution in [0.15, 0.2) is 58.8 Å². The Kier molecular flexibility index (Phi) is 5.81. The van der Waals surface area contributed by atoms with Crippen LogP contribution in [0.1, 0.15) is 35.8 Å². The van der Waals surface area contributed by atoms with Gasteiger partial charge in [-0.2, -0.15) is 0 Å². The van der Waals surface area contributed by atoms with Crippen LogP contribution in [-0.2, 0) is 9.84 Å². The smallest absolute Gasteiger partial charge is 0.275 e. The van der Waals surface area contributed by atoms with Crippen molar-refractivity contribution in [1.29, 1.82) is 0 Å². The van der Waals surface area contributed by atoms with E-state index >= 15 is 0 Å². The van der Waals surface area contributed by atoms with Crippen LogP contribution in [0.5, 0.6) is 0 Å². The second-order valence-corrected chi connectivity index (χ2v) is 9.56. The zero-order chi connectivity index (χ0) is 20.3. The Balaban J connectivity index is 1.65. The lowest BCUT2D eigenvalue weighted by atomic mass is 10.0. The van der Waals surface area contributed by atoms with E-state index in [4.69, 9.17) is 0 Å². The van der Waals surface area contributed by atoms with Crippen molar-refractivity contribution in [1.82, 2.24) is 4.98 Å². The first-order chi connectivity index (χ1) is 13.2. The SMILES string of the molecule is CC(C)c1ccc(NC(=O)c2csc(Nc3ccc(S(C)(=O)=O)cc3)n2)cc1. The number of aromatic nitrogens is 1. The van der Waals surface area contributed by atoms with Gasteiger partial charge in [-0.15, -0.1) is 11.3 Å². The van der Waals surface area contributed by atoms with Gasteiger partial charge in [0.15, 0.2) is 15.0 Å². The van der Waals surface area contributed by atoms with Gasteiger partial charge in [0.05, 0.1) is 4.90 Å². The number of hydrogen-bond acceptors (Lipinski definition) is 6. The molecule has 0 spiro atoms. The van der Waals surface area contributed by atoms with E-state index in [-0.39, 0.29) is 10.8 Å². The van der Waals surface area contributed by atoms with Crippen molar-refractivity contribution < 1.29 is 13.2 Å². The lowest BCUT2D eigenvalue weighted by Crippen LogP contribution is -2.12. The van der Waals surface area contributed by atoms with E-state index in [0.29, 0.717) is 28.1 Å². The summed E-state index contributed by atoms with van der Waals surface area (Å²) in [5.74, 6) is 0.150. The van der Waals surface area contributed by atoms with Crippen LogP contribution in [-0.4, -0.2) is 25.6 Å². The van der Waals surface area contributed by atoms with Crippen molar-refractivity contribution in [3.05, 3.63) is 65.2 Å². The minimum absolute atomic E-state index is 0.251. The van der Waals surface area contributed by atoms with Crippen LogP contribution in [0, 0.1) is 0 Å². The zero-order valence-corrected chi connectivity index (χ0v) is 17.4. The third-order valence-electron chi connectivity index (χ3n) is 4.11. The predicted octanol–water partition coefficient (Wildman–Crippen LogP) is 4.67. The summed E-state index contributed by atoms with van der Waals surface area (Å²) in [6.45, 7) is 4.23. The maximum absolute atomic E-state index is 12.4. The normalized spacial score (nSPS) is 11.4. The lowest BCUT2D eigenvalue weighted by Gasteiger charge is -2.07. The molecule has 3 rings (SSSR count). The molecule has 0 unspecified atom stereocenters. The summed E-state index contributed by atoms with van der Waals surface area (Å²) >= 11 is 1.30. The second kappa shape index (κ2) is 8.12. The number of hydrogen-bond donors (Lipinski definition) is 2. The van der Waals surface area contributed by atoms with Crippen molar-refractivity contribution in [3.8, 4) is 0 Å². The number of anilines is 3. The lowest BCUT2D eigenvalue weighted by molar-refractivity contribution is 0.102. The van der Waals surface area contributed by atoms with Gasteiger partial charge in [0.25, 0.3) is 5.91 Å². The molecule has 0 saturated carbocycles. The first-order valence-electron chi connectivity index (χ1n) is 8.66. The highest BCUT2D eigenvalue weighted by Crippen LogP contribution is 2.23. The summed E-state index contributed by atoms with van der Waals surface area (Å²) in [5.41, 5.74) is 2.93. The number of carbonyl (C=O) groups excluding carboxylic acids is 1. The second-order valence-electron chi connectivity index (χ2n) is 6.69. The fourth-order valence-corrected chi connectivity index (χ4v) is 3.83. The molecule has 0 atom stereocenters. The number of amides is 1. The molecule has 0 aliphatic rings. The Bertz CT molecular complexity index is 1070. The van der Waals surface area contributed by atoms with Gasteiger partial charge in [-0.3, -0.25) is 4.79 Å². The average molecular weight is 416 g/mol. The standard InChI is InChI=1S/C20H21N3O3S2/c1-13(2)14-4-6-15(7-5-14)21-19(24)18-12-27-20(23-18)22-16-8-10-17(11-9-16)28(3,25)26/h4-13H,1-3H3,(H,21,24)(H,22,23). The number of thiazole rings is 1. The molecular formula is C20H21N3O3S2. The summed E-state index contributed by atoms with van der Waals surface area (Å²) in [6, 6.07) is 14.1.